The van der Waals surface area contributed by atoms with E-state index in [1.807, 2.05) is 72.3 Å². The molecule has 0 N–H and O–H groups in total. The fraction of sp³-hybridized carbons (Fsp3) is 0.273. The summed E-state index contributed by atoms with van der Waals surface area (Å²) >= 11 is 0. The van der Waals surface area contributed by atoms with Crippen molar-refractivity contribution in [2.24, 2.45) is 0 Å². The van der Waals surface area contributed by atoms with Gasteiger partial charge >= 0.3 is 0 Å². The summed E-state index contributed by atoms with van der Waals surface area (Å²) in [7, 11) is -2.82. The van der Waals surface area contributed by atoms with Crippen LogP contribution in [0.25, 0.3) is 11.5 Å². The van der Waals surface area contributed by atoms with Crippen LogP contribution in [0.2, 0.25) is 0 Å². The summed E-state index contributed by atoms with van der Waals surface area (Å²) < 4.78 is 22.3. The van der Waals surface area contributed by atoms with Crippen LogP contribution >= 0.6 is 7.29 Å². The van der Waals surface area contributed by atoms with Gasteiger partial charge in [0, 0.05) is 35.9 Å². The lowest BCUT2D eigenvalue weighted by Gasteiger charge is -2.31. The van der Waals surface area contributed by atoms with Crippen molar-refractivity contribution < 1.29 is 9.30 Å². The molecule has 0 unspecified atom stereocenters. The highest BCUT2D eigenvalue weighted by Crippen LogP contribution is 2.59. The van der Waals surface area contributed by atoms with E-state index in [-0.39, 0.29) is 0 Å². The summed E-state index contributed by atoms with van der Waals surface area (Å²) in [5.41, 5.74) is 1.89. The maximum Gasteiger partial charge on any atom is 0.200 e. The van der Waals surface area contributed by atoms with Gasteiger partial charge in [0.1, 0.15) is 11.5 Å². The number of hydrogen-bond donors (Lipinski definition) is 0. The molecular weight excluding hydrogens is 341 g/mol. The first-order chi connectivity index (χ1) is 12.7. The number of hydrogen-bond acceptors (Lipinski definition) is 2. The molecule has 1 aliphatic heterocycles. The highest BCUT2D eigenvalue weighted by Gasteiger charge is 2.31. The van der Waals surface area contributed by atoms with Crippen LogP contribution in [0.1, 0.15) is 37.8 Å². The van der Waals surface area contributed by atoms with Gasteiger partial charge < -0.3 is 4.74 Å². The molecule has 0 aliphatic carbocycles. The largest absolute Gasteiger partial charge is 0.456 e. The van der Waals surface area contributed by atoms with Crippen molar-refractivity contribution in [3.05, 3.63) is 83.4 Å². The second-order valence-corrected chi connectivity index (χ2v) is 8.87. The van der Waals surface area contributed by atoms with Gasteiger partial charge in [-0.05, 0) is 12.8 Å². The molecule has 0 amide bonds. The van der Waals surface area contributed by atoms with E-state index in [0.29, 0.717) is 11.5 Å². The molecule has 0 bridgehead atoms. The Kier molecular flexibility index (Phi) is 6.13. The molecule has 0 saturated heterocycles. The summed E-state index contributed by atoms with van der Waals surface area (Å²) in [6.45, 7) is 5.86. The summed E-state index contributed by atoms with van der Waals surface area (Å²) in [5.74, 6) is 5.01. The zero-order chi connectivity index (χ0) is 18.4. The van der Waals surface area contributed by atoms with Gasteiger partial charge in [0.05, 0.1) is 0 Å². The minimum atomic E-state index is -2.82. The van der Waals surface area contributed by atoms with Crippen molar-refractivity contribution in [1.29, 1.82) is 0 Å². The third-order valence-electron chi connectivity index (χ3n) is 4.35. The molecule has 0 spiro atoms. The lowest BCUT2D eigenvalue weighted by Crippen LogP contribution is -2.22. The number of rotatable bonds is 7. The summed E-state index contributed by atoms with van der Waals surface area (Å²) in [4.78, 5) is 0. The second-order valence-electron chi connectivity index (χ2n) is 6.45. The zero-order valence-electron chi connectivity index (χ0n) is 15.5. The van der Waals surface area contributed by atoms with Gasteiger partial charge in [-0.15, -0.1) is 0 Å². The number of ether oxygens (including phenoxy) is 1. The van der Waals surface area contributed by atoms with Gasteiger partial charge in [-0.2, -0.15) is 0 Å². The zero-order valence-corrected chi connectivity index (χ0v) is 16.4. The average Bonchev–Trinajstić information content (AvgIpc) is 2.69. The minimum absolute atomic E-state index is 0.674. The van der Waals surface area contributed by atoms with E-state index in [2.05, 4.69) is 18.5 Å². The van der Waals surface area contributed by atoms with Crippen molar-refractivity contribution in [2.75, 3.05) is 13.1 Å². The molecule has 0 radical (unpaired) electrons. The molecular formula is C22H26NO2P. The van der Waals surface area contributed by atoms with E-state index in [1.165, 1.54) is 0 Å². The molecule has 3 rings (SSSR count). The Morgan fingerprint density at radius 1 is 0.769 bits per heavy atom. The predicted molar refractivity (Wildman–Crippen MR) is 110 cm³/mol. The second kappa shape index (κ2) is 8.53. The van der Waals surface area contributed by atoms with Crippen LogP contribution in [0.3, 0.4) is 0 Å². The highest BCUT2D eigenvalue weighted by molar-refractivity contribution is 7.68. The van der Waals surface area contributed by atoms with Crippen molar-refractivity contribution >= 4 is 18.8 Å². The Bertz CT molecular complexity index is 762. The van der Waals surface area contributed by atoms with Crippen LogP contribution in [0, 0.1) is 0 Å². The van der Waals surface area contributed by atoms with Crippen LogP contribution in [0.5, 0.6) is 0 Å². The average molecular weight is 367 g/mol. The van der Waals surface area contributed by atoms with Crippen molar-refractivity contribution in [3.63, 3.8) is 0 Å². The fourth-order valence-corrected chi connectivity index (χ4v) is 5.62. The quantitative estimate of drug-likeness (QED) is 0.529. The molecule has 0 saturated carbocycles. The first-order valence-corrected chi connectivity index (χ1v) is 11.1. The van der Waals surface area contributed by atoms with Gasteiger partial charge in [-0.3, -0.25) is 4.57 Å². The minimum Gasteiger partial charge on any atom is -0.456 e. The first-order valence-electron chi connectivity index (χ1n) is 9.25. The predicted octanol–water partition coefficient (Wildman–Crippen LogP) is 6.41. The van der Waals surface area contributed by atoms with Crippen LogP contribution in [0.15, 0.2) is 72.3 Å². The maximum absolute atomic E-state index is 14.0. The topological polar surface area (TPSA) is 29.5 Å². The van der Waals surface area contributed by atoms with Gasteiger partial charge in [-0.25, -0.2) is 4.67 Å². The highest BCUT2D eigenvalue weighted by atomic mass is 31.2. The molecule has 2 aromatic carbocycles. The van der Waals surface area contributed by atoms with Crippen molar-refractivity contribution in [1.82, 2.24) is 4.67 Å². The van der Waals surface area contributed by atoms with E-state index >= 15 is 0 Å². The Morgan fingerprint density at radius 3 is 1.58 bits per heavy atom. The van der Waals surface area contributed by atoms with Gasteiger partial charge in [0.2, 0.25) is 7.29 Å². The SMILES string of the molecule is CCCN(CCC)P1(=O)C=C(c2ccccc2)OC(c2ccccc2)=C1. The van der Waals surface area contributed by atoms with Crippen LogP contribution < -0.4 is 0 Å². The molecule has 0 aromatic heterocycles. The normalized spacial score (nSPS) is 16.0. The number of nitrogens with zero attached hydrogens (tertiary/aromatic N) is 1. The van der Waals surface area contributed by atoms with E-state index in [4.69, 9.17) is 4.74 Å². The lowest BCUT2D eigenvalue weighted by atomic mass is 10.2. The smallest absolute Gasteiger partial charge is 0.200 e. The van der Waals surface area contributed by atoms with Gasteiger partial charge in [-0.1, -0.05) is 74.5 Å². The van der Waals surface area contributed by atoms with E-state index in [0.717, 1.165) is 37.1 Å². The first kappa shape index (κ1) is 18.7. The summed E-state index contributed by atoms with van der Waals surface area (Å²) in [6, 6.07) is 19.8. The van der Waals surface area contributed by atoms with Crippen LogP contribution in [-0.2, 0) is 9.30 Å². The summed E-state index contributed by atoms with van der Waals surface area (Å²) in [6.07, 6.45) is 1.93. The molecule has 0 fully saturated rings. The third-order valence-corrected chi connectivity index (χ3v) is 6.84. The molecule has 26 heavy (non-hydrogen) atoms. The monoisotopic (exact) mass is 367 g/mol. The molecule has 3 nitrogen and oxygen atoms in total. The van der Waals surface area contributed by atoms with Gasteiger partial charge in [0.25, 0.3) is 0 Å². The summed E-state index contributed by atoms with van der Waals surface area (Å²) in [5, 5.41) is 0. The Morgan fingerprint density at radius 2 is 1.19 bits per heavy atom. The Hall–Kier alpha value is -2.09. The Balaban J connectivity index is 2.08. The molecule has 2 aromatic rings. The van der Waals surface area contributed by atoms with E-state index in [1.54, 1.807) is 0 Å². The lowest BCUT2D eigenvalue weighted by molar-refractivity contribution is 0.413. The Labute approximate surface area is 156 Å². The standard InChI is InChI=1S/C22H26NO2P/c1-3-15-23(16-4-2)26(24)17-21(19-11-7-5-8-12-19)25-22(18-26)20-13-9-6-10-14-20/h5-14,17-18H,3-4,15-16H2,1-2H3. The third kappa shape index (κ3) is 4.17. The van der Waals surface area contributed by atoms with Crippen LogP contribution in [-0.4, -0.2) is 17.8 Å². The van der Waals surface area contributed by atoms with E-state index < -0.39 is 7.29 Å². The molecule has 4 heteroatoms. The van der Waals surface area contributed by atoms with Gasteiger partial charge in [0.15, 0.2) is 0 Å². The fourth-order valence-electron chi connectivity index (χ4n) is 3.12. The van der Waals surface area contributed by atoms with E-state index in [9.17, 15) is 4.57 Å². The molecule has 136 valence electrons. The molecule has 0 atom stereocenters. The van der Waals surface area contributed by atoms with Crippen molar-refractivity contribution in [3.8, 4) is 0 Å². The molecule has 1 aliphatic rings. The van der Waals surface area contributed by atoms with Crippen molar-refractivity contribution in [2.45, 2.75) is 26.7 Å². The number of benzene rings is 2. The van der Waals surface area contributed by atoms with Crippen LogP contribution in [0.4, 0.5) is 0 Å². The molecule has 1 heterocycles. The maximum atomic E-state index is 14.0.